The van der Waals surface area contributed by atoms with E-state index in [0.29, 0.717) is 12.2 Å². The van der Waals surface area contributed by atoms with Crippen LogP contribution in [0.5, 0.6) is 0 Å². The Morgan fingerprint density at radius 3 is 2.90 bits per heavy atom. The van der Waals surface area contributed by atoms with Gasteiger partial charge in [0.25, 0.3) is 0 Å². The van der Waals surface area contributed by atoms with E-state index in [1.54, 1.807) is 25.1 Å². The Morgan fingerprint density at radius 1 is 1.45 bits per heavy atom. The second-order valence-electron chi connectivity index (χ2n) is 4.36. The molecule has 0 aliphatic carbocycles. The van der Waals surface area contributed by atoms with Crippen LogP contribution >= 0.6 is 0 Å². The van der Waals surface area contributed by atoms with E-state index in [4.69, 9.17) is 5.73 Å². The maximum atomic E-state index is 12.1. The summed E-state index contributed by atoms with van der Waals surface area (Å²) in [5.41, 5.74) is 6.52. The third kappa shape index (κ3) is 3.62. The highest BCUT2D eigenvalue weighted by atomic mass is 32.2. The van der Waals surface area contributed by atoms with Gasteiger partial charge < -0.3 is 10.3 Å². The van der Waals surface area contributed by atoms with E-state index in [2.05, 4.69) is 19.4 Å². The van der Waals surface area contributed by atoms with E-state index in [1.165, 1.54) is 12.5 Å². The van der Waals surface area contributed by atoms with E-state index >= 15 is 0 Å². The maximum Gasteiger partial charge on any atom is 0.240 e. The van der Waals surface area contributed by atoms with Gasteiger partial charge in [-0.1, -0.05) is 17.3 Å². The molecule has 0 amide bonds. The van der Waals surface area contributed by atoms with Crippen molar-refractivity contribution in [3.05, 3.63) is 42.0 Å². The first kappa shape index (κ1) is 14.6. The molecular weight excluding hydrogens is 280 g/mol. The lowest BCUT2D eigenvalue weighted by Gasteiger charge is -2.09. The molecule has 3 N–H and O–H groups in total. The van der Waals surface area contributed by atoms with Gasteiger partial charge in [0.2, 0.25) is 16.4 Å². The Hall–Kier alpha value is -1.77. The minimum Gasteiger partial charge on any atom is -0.343 e. The summed E-state index contributed by atoms with van der Waals surface area (Å²) < 4.78 is 31.3. The molecule has 0 fully saturated rings. The van der Waals surface area contributed by atoms with Crippen LogP contribution in [-0.2, 0) is 16.4 Å². The molecule has 0 spiro atoms. The molecule has 1 unspecified atom stereocenters. The van der Waals surface area contributed by atoms with E-state index in [-0.39, 0.29) is 17.5 Å². The predicted octanol–water partition coefficient (Wildman–Crippen LogP) is 0.610. The lowest BCUT2D eigenvalue weighted by molar-refractivity contribution is 0.410. The Bertz CT molecular complexity index is 653. The molecule has 1 aromatic carbocycles. The van der Waals surface area contributed by atoms with Crippen LogP contribution in [0.1, 0.15) is 24.4 Å². The third-order valence-corrected chi connectivity index (χ3v) is 4.20. The smallest absolute Gasteiger partial charge is 0.240 e. The van der Waals surface area contributed by atoms with Crippen molar-refractivity contribution < 1.29 is 12.9 Å². The number of sulfonamides is 1. The number of aromatic nitrogens is 2. The van der Waals surface area contributed by atoms with E-state index in [0.717, 1.165) is 5.56 Å². The van der Waals surface area contributed by atoms with Gasteiger partial charge >= 0.3 is 0 Å². The first-order valence-electron chi connectivity index (χ1n) is 6.09. The molecular formula is C12H16N4O3S. The molecule has 1 atom stereocenters. The van der Waals surface area contributed by atoms with Gasteiger partial charge in [-0.3, -0.25) is 0 Å². The molecule has 108 valence electrons. The van der Waals surface area contributed by atoms with Crippen molar-refractivity contribution >= 4 is 10.0 Å². The predicted molar refractivity (Wildman–Crippen MR) is 72.2 cm³/mol. The van der Waals surface area contributed by atoms with Gasteiger partial charge in [-0.2, -0.15) is 4.98 Å². The van der Waals surface area contributed by atoms with Gasteiger partial charge in [0, 0.05) is 19.0 Å². The molecule has 0 bridgehead atoms. The summed E-state index contributed by atoms with van der Waals surface area (Å²) in [5, 5.41) is 3.61. The molecule has 1 aromatic heterocycles. The monoisotopic (exact) mass is 296 g/mol. The van der Waals surface area contributed by atoms with Crippen LogP contribution in [0, 0.1) is 0 Å². The SMILES string of the molecule is CC(N)c1cccc(S(=O)(=O)NCCc2ncon2)c1. The highest BCUT2D eigenvalue weighted by molar-refractivity contribution is 7.89. The van der Waals surface area contributed by atoms with E-state index in [9.17, 15) is 8.42 Å². The fraction of sp³-hybridized carbons (Fsp3) is 0.333. The molecule has 0 saturated heterocycles. The fourth-order valence-electron chi connectivity index (χ4n) is 1.65. The first-order chi connectivity index (χ1) is 9.49. The zero-order valence-corrected chi connectivity index (χ0v) is 11.8. The molecule has 2 aromatic rings. The van der Waals surface area contributed by atoms with Gasteiger partial charge in [0.05, 0.1) is 4.90 Å². The zero-order chi connectivity index (χ0) is 14.6. The summed E-state index contributed by atoms with van der Waals surface area (Å²) in [4.78, 5) is 4.01. The summed E-state index contributed by atoms with van der Waals surface area (Å²) in [5.74, 6) is 0.456. The van der Waals surface area contributed by atoms with Crippen molar-refractivity contribution in [1.82, 2.24) is 14.9 Å². The first-order valence-corrected chi connectivity index (χ1v) is 7.58. The van der Waals surface area contributed by atoms with Crippen LogP contribution in [0.3, 0.4) is 0 Å². The number of nitrogens with zero attached hydrogens (tertiary/aromatic N) is 2. The average molecular weight is 296 g/mol. The summed E-state index contributed by atoms with van der Waals surface area (Å²) in [6, 6.07) is 6.35. The summed E-state index contributed by atoms with van der Waals surface area (Å²) in [6.45, 7) is 2.00. The van der Waals surface area contributed by atoms with Crippen molar-refractivity contribution in [2.75, 3.05) is 6.54 Å². The normalized spacial score (nSPS) is 13.3. The van der Waals surface area contributed by atoms with Crippen molar-refractivity contribution in [2.45, 2.75) is 24.3 Å². The van der Waals surface area contributed by atoms with Crippen LogP contribution in [0.25, 0.3) is 0 Å². The number of nitrogens with two attached hydrogens (primary N) is 1. The van der Waals surface area contributed by atoms with Gasteiger partial charge in [-0.05, 0) is 24.6 Å². The minimum atomic E-state index is -3.56. The van der Waals surface area contributed by atoms with Crippen LogP contribution in [0.15, 0.2) is 40.1 Å². The topological polar surface area (TPSA) is 111 Å². The molecule has 8 heteroatoms. The van der Waals surface area contributed by atoms with Gasteiger partial charge in [0.15, 0.2) is 5.82 Å². The van der Waals surface area contributed by atoms with Gasteiger partial charge in [-0.15, -0.1) is 0 Å². The zero-order valence-electron chi connectivity index (χ0n) is 11.0. The fourth-order valence-corrected chi connectivity index (χ4v) is 2.73. The maximum absolute atomic E-state index is 12.1. The minimum absolute atomic E-state index is 0.195. The Labute approximate surface area is 117 Å². The number of hydrogen-bond acceptors (Lipinski definition) is 6. The molecule has 20 heavy (non-hydrogen) atoms. The summed E-state index contributed by atoms with van der Waals surface area (Å²) in [7, 11) is -3.56. The molecule has 0 saturated carbocycles. The summed E-state index contributed by atoms with van der Waals surface area (Å²) in [6.07, 6.45) is 1.57. The lowest BCUT2D eigenvalue weighted by Crippen LogP contribution is -2.26. The van der Waals surface area contributed by atoms with Crippen molar-refractivity contribution in [2.24, 2.45) is 5.73 Å². The van der Waals surface area contributed by atoms with Crippen molar-refractivity contribution in [1.29, 1.82) is 0 Å². The van der Waals surface area contributed by atoms with Crippen molar-refractivity contribution in [3.8, 4) is 0 Å². The molecule has 0 aliphatic rings. The van der Waals surface area contributed by atoms with Crippen LogP contribution in [-0.4, -0.2) is 25.1 Å². The molecule has 0 radical (unpaired) electrons. The Kier molecular flexibility index (Phi) is 4.48. The average Bonchev–Trinajstić information content (AvgIpc) is 2.92. The Balaban J connectivity index is 2.04. The quantitative estimate of drug-likeness (QED) is 0.808. The lowest BCUT2D eigenvalue weighted by atomic mass is 10.1. The second kappa shape index (κ2) is 6.12. The number of benzene rings is 1. The Morgan fingerprint density at radius 2 is 2.25 bits per heavy atom. The number of rotatable bonds is 6. The van der Waals surface area contributed by atoms with Crippen LogP contribution in [0.2, 0.25) is 0 Å². The molecule has 7 nitrogen and oxygen atoms in total. The number of hydrogen-bond donors (Lipinski definition) is 2. The van der Waals surface area contributed by atoms with Crippen LogP contribution < -0.4 is 10.5 Å². The standard InChI is InChI=1S/C12H16N4O3S/c1-9(13)10-3-2-4-11(7-10)20(17,18)15-6-5-12-14-8-19-16-12/h2-4,7-9,15H,5-6,13H2,1H3. The van der Waals surface area contributed by atoms with Gasteiger partial charge in [-0.25, -0.2) is 13.1 Å². The summed E-state index contributed by atoms with van der Waals surface area (Å²) >= 11 is 0. The van der Waals surface area contributed by atoms with E-state index in [1.807, 2.05) is 0 Å². The largest absolute Gasteiger partial charge is 0.343 e. The molecule has 0 aliphatic heterocycles. The van der Waals surface area contributed by atoms with Gasteiger partial charge in [0.1, 0.15) is 0 Å². The van der Waals surface area contributed by atoms with Crippen LogP contribution in [0.4, 0.5) is 0 Å². The van der Waals surface area contributed by atoms with E-state index < -0.39 is 10.0 Å². The van der Waals surface area contributed by atoms with Crippen molar-refractivity contribution in [3.63, 3.8) is 0 Å². The highest BCUT2D eigenvalue weighted by Crippen LogP contribution is 2.15. The molecule has 1 heterocycles. The highest BCUT2D eigenvalue weighted by Gasteiger charge is 2.15. The third-order valence-electron chi connectivity index (χ3n) is 2.74. The molecule has 2 rings (SSSR count). The second-order valence-corrected chi connectivity index (χ2v) is 6.12. The number of nitrogens with one attached hydrogen (secondary N) is 1.